The molecule has 0 amide bonds. The number of aliphatic hydroxyl groups is 1. The third-order valence-corrected chi connectivity index (χ3v) is 1.99. The lowest BCUT2D eigenvalue weighted by Crippen LogP contribution is -1.94. The summed E-state index contributed by atoms with van der Waals surface area (Å²) in [5.41, 5.74) is 0. The van der Waals surface area contributed by atoms with Gasteiger partial charge < -0.3 is 5.11 Å². The van der Waals surface area contributed by atoms with Gasteiger partial charge in [-0.05, 0) is 13.0 Å². The number of rotatable bonds is 1. The smallest absolute Gasteiger partial charge is 0.251 e. The first-order chi connectivity index (χ1) is 6.18. The van der Waals surface area contributed by atoms with E-state index in [9.17, 15) is 5.11 Å². The Morgan fingerprint density at radius 3 is 3.08 bits per heavy atom. The molecular weight excluding hydrogens is 188 g/mol. The highest BCUT2D eigenvalue weighted by Crippen LogP contribution is 2.07. The van der Waals surface area contributed by atoms with Gasteiger partial charge in [-0.25, -0.2) is 9.50 Å². The van der Waals surface area contributed by atoms with E-state index in [-0.39, 0.29) is 0 Å². The van der Waals surface area contributed by atoms with Crippen molar-refractivity contribution < 1.29 is 5.11 Å². The summed E-state index contributed by atoms with van der Waals surface area (Å²) >= 11 is 5.02. The average Bonchev–Trinajstić information content (AvgIpc) is 2.49. The van der Waals surface area contributed by atoms with Crippen molar-refractivity contribution in [3.63, 3.8) is 0 Å². The Morgan fingerprint density at radius 2 is 2.46 bits per heavy atom. The fourth-order valence-electron chi connectivity index (χ4n) is 1.02. The molecule has 1 atom stereocenters. The highest BCUT2D eigenvalue weighted by atomic mass is 32.1. The van der Waals surface area contributed by atoms with Gasteiger partial charge in [-0.2, -0.15) is 4.98 Å². The second-order valence-electron chi connectivity index (χ2n) is 2.70. The molecule has 0 aliphatic rings. The molecule has 0 aliphatic heterocycles. The van der Waals surface area contributed by atoms with Crippen molar-refractivity contribution in [3.05, 3.63) is 22.7 Å². The van der Waals surface area contributed by atoms with Crippen LogP contribution in [0.1, 0.15) is 18.9 Å². The Kier molecular flexibility index (Phi) is 1.86. The summed E-state index contributed by atoms with van der Waals surface area (Å²) in [6.07, 6.45) is 0.945. The molecular formula is C7H8N4OS. The van der Waals surface area contributed by atoms with Crippen molar-refractivity contribution >= 4 is 18.0 Å². The zero-order valence-corrected chi connectivity index (χ0v) is 7.75. The maximum atomic E-state index is 9.25. The molecule has 6 heteroatoms. The number of nitrogens with zero attached hydrogens (tertiary/aromatic N) is 3. The lowest BCUT2D eigenvalue weighted by Gasteiger charge is -1.94. The summed E-state index contributed by atoms with van der Waals surface area (Å²) in [7, 11) is 0. The second kappa shape index (κ2) is 2.90. The Balaban J connectivity index is 2.76. The zero-order valence-electron chi connectivity index (χ0n) is 6.93. The Labute approximate surface area is 79.1 Å². The molecule has 13 heavy (non-hydrogen) atoms. The van der Waals surface area contributed by atoms with Gasteiger partial charge in [0, 0.05) is 6.20 Å². The number of aliphatic hydroxyl groups excluding tert-OH is 1. The van der Waals surface area contributed by atoms with Crippen LogP contribution >= 0.6 is 12.2 Å². The number of H-pyrrole nitrogens is 1. The van der Waals surface area contributed by atoms with Crippen molar-refractivity contribution in [2.75, 3.05) is 0 Å². The van der Waals surface area contributed by atoms with Crippen LogP contribution in [0.25, 0.3) is 5.78 Å². The van der Waals surface area contributed by atoms with Crippen LogP contribution in [0.2, 0.25) is 0 Å². The highest BCUT2D eigenvalue weighted by molar-refractivity contribution is 7.71. The fourth-order valence-corrected chi connectivity index (χ4v) is 1.20. The van der Waals surface area contributed by atoms with Gasteiger partial charge in [-0.1, -0.05) is 12.2 Å². The Bertz CT molecular complexity index is 486. The van der Waals surface area contributed by atoms with Crippen LogP contribution in [-0.4, -0.2) is 24.7 Å². The average molecular weight is 196 g/mol. The molecule has 0 aliphatic carbocycles. The van der Waals surface area contributed by atoms with Crippen LogP contribution < -0.4 is 0 Å². The molecule has 1 unspecified atom stereocenters. The summed E-state index contributed by atoms with van der Waals surface area (Å²) in [5.74, 6) is 0.938. The minimum atomic E-state index is -0.643. The summed E-state index contributed by atoms with van der Waals surface area (Å²) in [6, 6.07) is 1.69. The van der Waals surface area contributed by atoms with Gasteiger partial charge in [0.15, 0.2) is 5.82 Å². The third kappa shape index (κ3) is 1.34. The number of fused-ring (bicyclic) bond motifs is 1. The van der Waals surface area contributed by atoms with E-state index in [1.165, 1.54) is 0 Å². The topological polar surface area (TPSA) is 66.2 Å². The normalized spacial score (nSPS) is 13.4. The minimum Gasteiger partial charge on any atom is -0.385 e. The van der Waals surface area contributed by atoms with Gasteiger partial charge in [0.2, 0.25) is 0 Å². The fraction of sp³-hybridized carbons (Fsp3) is 0.286. The predicted molar refractivity (Wildman–Crippen MR) is 48.8 cm³/mol. The van der Waals surface area contributed by atoms with E-state index in [0.717, 1.165) is 0 Å². The maximum Gasteiger partial charge on any atom is 0.251 e. The van der Waals surface area contributed by atoms with Gasteiger partial charge in [0.1, 0.15) is 10.7 Å². The van der Waals surface area contributed by atoms with Gasteiger partial charge in [-0.3, -0.25) is 5.10 Å². The first kappa shape index (κ1) is 8.33. The maximum absolute atomic E-state index is 9.25. The Morgan fingerprint density at radius 1 is 1.69 bits per heavy atom. The molecule has 0 bridgehead atoms. The summed E-state index contributed by atoms with van der Waals surface area (Å²) < 4.78 is 2.14. The van der Waals surface area contributed by atoms with Crippen molar-refractivity contribution in [2.45, 2.75) is 13.0 Å². The van der Waals surface area contributed by atoms with Gasteiger partial charge in [0.05, 0.1) is 0 Å². The lowest BCUT2D eigenvalue weighted by atomic mass is 10.4. The number of aromatic nitrogens is 4. The van der Waals surface area contributed by atoms with Gasteiger partial charge in [0.25, 0.3) is 5.78 Å². The molecule has 0 radical (unpaired) electrons. The zero-order chi connectivity index (χ0) is 9.42. The SMILES string of the molecule is CC(O)c1nc2nccc(=S)n2[nH]1. The standard InChI is InChI=1S/C7H8N4OS/c1-4(12)6-9-7-8-3-2-5(13)11(7)10-6/h2-4,12H,1H3,(H,8,9,10). The van der Waals surface area contributed by atoms with E-state index in [1.807, 2.05) is 0 Å². The van der Waals surface area contributed by atoms with E-state index in [0.29, 0.717) is 16.2 Å². The van der Waals surface area contributed by atoms with Gasteiger partial charge in [-0.15, -0.1) is 0 Å². The molecule has 0 spiro atoms. The van der Waals surface area contributed by atoms with Crippen LogP contribution in [0.15, 0.2) is 12.3 Å². The first-order valence-corrected chi connectivity index (χ1v) is 4.21. The molecule has 68 valence electrons. The van der Waals surface area contributed by atoms with E-state index < -0.39 is 6.10 Å². The third-order valence-electron chi connectivity index (χ3n) is 1.67. The highest BCUT2D eigenvalue weighted by Gasteiger charge is 2.07. The molecule has 2 aromatic heterocycles. The number of nitrogens with one attached hydrogen (secondary N) is 1. The molecule has 0 aromatic carbocycles. The van der Waals surface area contributed by atoms with Crippen LogP contribution in [0.3, 0.4) is 0 Å². The first-order valence-electron chi connectivity index (χ1n) is 3.80. The van der Waals surface area contributed by atoms with E-state index in [4.69, 9.17) is 12.2 Å². The van der Waals surface area contributed by atoms with Crippen molar-refractivity contribution in [3.8, 4) is 0 Å². The molecule has 0 saturated heterocycles. The molecule has 5 nitrogen and oxygen atoms in total. The van der Waals surface area contributed by atoms with Gasteiger partial charge >= 0.3 is 0 Å². The summed E-state index contributed by atoms with van der Waals surface area (Å²) in [5, 5.41) is 12.1. The predicted octanol–water partition coefficient (Wildman–Crippen LogP) is 0.840. The monoisotopic (exact) mass is 196 g/mol. The molecule has 2 heterocycles. The largest absolute Gasteiger partial charge is 0.385 e. The second-order valence-corrected chi connectivity index (χ2v) is 3.12. The molecule has 0 saturated carbocycles. The number of aromatic amines is 1. The number of hydrogen-bond donors (Lipinski definition) is 2. The van der Waals surface area contributed by atoms with E-state index in [2.05, 4.69) is 15.1 Å². The van der Waals surface area contributed by atoms with Crippen molar-refractivity contribution in [1.29, 1.82) is 0 Å². The van der Waals surface area contributed by atoms with Crippen molar-refractivity contribution in [2.24, 2.45) is 0 Å². The minimum absolute atomic E-state index is 0.463. The summed E-state index contributed by atoms with van der Waals surface area (Å²) in [6.45, 7) is 1.63. The molecule has 2 aromatic rings. The van der Waals surface area contributed by atoms with E-state index in [1.54, 1.807) is 23.7 Å². The molecule has 0 fully saturated rings. The Hall–Kier alpha value is -1.27. The molecule has 2 rings (SSSR count). The van der Waals surface area contributed by atoms with Crippen LogP contribution in [-0.2, 0) is 0 Å². The van der Waals surface area contributed by atoms with E-state index >= 15 is 0 Å². The molecule has 2 N–H and O–H groups in total. The quantitative estimate of drug-likeness (QED) is 0.663. The van der Waals surface area contributed by atoms with Crippen molar-refractivity contribution in [1.82, 2.24) is 19.6 Å². The van der Waals surface area contributed by atoms with Crippen LogP contribution in [0.5, 0.6) is 0 Å². The lowest BCUT2D eigenvalue weighted by molar-refractivity contribution is 0.189. The van der Waals surface area contributed by atoms with Crippen LogP contribution in [0.4, 0.5) is 0 Å². The number of hydrogen-bond acceptors (Lipinski definition) is 4. The summed E-state index contributed by atoms with van der Waals surface area (Å²) in [4.78, 5) is 8.04. The van der Waals surface area contributed by atoms with Crippen LogP contribution in [0, 0.1) is 4.64 Å².